The van der Waals surface area contributed by atoms with Crippen LogP contribution in [0.15, 0.2) is 47.6 Å². The summed E-state index contributed by atoms with van der Waals surface area (Å²) in [4.78, 5) is 8.00. The van der Waals surface area contributed by atoms with Gasteiger partial charge in [-0.1, -0.05) is 30.3 Å². The molecule has 2 N–H and O–H groups in total. The second kappa shape index (κ2) is 5.22. The van der Waals surface area contributed by atoms with Gasteiger partial charge in [-0.25, -0.2) is 14.4 Å². The average molecular weight is 341 g/mol. The standard InChI is InChI=1S/C12H9FIN3/c13-9-7-16-11(6-10(9)14)17-12(15)8-4-2-1-3-5-8/h1-7H,(H2,15,16,17). The lowest BCUT2D eigenvalue weighted by atomic mass is 10.2. The molecule has 3 nitrogen and oxygen atoms in total. The summed E-state index contributed by atoms with van der Waals surface area (Å²) >= 11 is 1.89. The van der Waals surface area contributed by atoms with Crippen molar-refractivity contribution in [2.45, 2.75) is 0 Å². The molecule has 2 aromatic rings. The number of rotatable bonds is 2. The van der Waals surface area contributed by atoms with Gasteiger partial charge < -0.3 is 5.73 Å². The van der Waals surface area contributed by atoms with Gasteiger partial charge in [0.15, 0.2) is 11.6 Å². The van der Waals surface area contributed by atoms with Crippen LogP contribution in [0.1, 0.15) is 5.56 Å². The smallest absolute Gasteiger partial charge is 0.155 e. The van der Waals surface area contributed by atoms with Crippen LogP contribution in [0.4, 0.5) is 10.2 Å². The van der Waals surface area contributed by atoms with E-state index in [1.54, 1.807) is 6.07 Å². The van der Waals surface area contributed by atoms with Crippen LogP contribution >= 0.6 is 22.6 Å². The van der Waals surface area contributed by atoms with E-state index < -0.39 is 0 Å². The fourth-order valence-electron chi connectivity index (χ4n) is 1.26. The zero-order valence-electron chi connectivity index (χ0n) is 8.77. The van der Waals surface area contributed by atoms with E-state index in [0.717, 1.165) is 11.8 Å². The molecule has 0 aliphatic rings. The minimum atomic E-state index is -0.358. The lowest BCUT2D eigenvalue weighted by Crippen LogP contribution is -2.12. The van der Waals surface area contributed by atoms with E-state index in [9.17, 15) is 4.39 Å². The second-order valence-electron chi connectivity index (χ2n) is 3.32. The highest BCUT2D eigenvalue weighted by molar-refractivity contribution is 14.1. The third-order valence-electron chi connectivity index (χ3n) is 2.10. The van der Waals surface area contributed by atoms with E-state index >= 15 is 0 Å². The second-order valence-corrected chi connectivity index (χ2v) is 4.48. The van der Waals surface area contributed by atoms with Crippen molar-refractivity contribution in [3.8, 4) is 0 Å². The first-order valence-electron chi connectivity index (χ1n) is 4.87. The van der Waals surface area contributed by atoms with Crippen molar-refractivity contribution in [2.75, 3.05) is 0 Å². The van der Waals surface area contributed by atoms with Crippen molar-refractivity contribution in [1.82, 2.24) is 4.98 Å². The van der Waals surface area contributed by atoms with Gasteiger partial charge in [0.25, 0.3) is 0 Å². The molecule has 86 valence electrons. The number of aliphatic imine (C=N–C) groups is 1. The van der Waals surface area contributed by atoms with Crippen molar-refractivity contribution in [2.24, 2.45) is 10.7 Å². The Balaban J connectivity index is 2.33. The molecule has 0 atom stereocenters. The van der Waals surface area contributed by atoms with Gasteiger partial charge in [-0.15, -0.1) is 0 Å². The van der Waals surface area contributed by atoms with E-state index in [2.05, 4.69) is 9.98 Å². The monoisotopic (exact) mass is 341 g/mol. The highest BCUT2D eigenvalue weighted by Gasteiger charge is 2.02. The van der Waals surface area contributed by atoms with Crippen LogP contribution in [-0.4, -0.2) is 10.8 Å². The maximum absolute atomic E-state index is 13.0. The number of hydrogen-bond acceptors (Lipinski definition) is 2. The molecule has 0 unspecified atom stereocenters. The minimum absolute atomic E-state index is 0.358. The van der Waals surface area contributed by atoms with Crippen LogP contribution in [-0.2, 0) is 0 Å². The number of pyridine rings is 1. The van der Waals surface area contributed by atoms with E-state index in [0.29, 0.717) is 15.2 Å². The summed E-state index contributed by atoms with van der Waals surface area (Å²) in [7, 11) is 0. The molecule has 2 rings (SSSR count). The maximum Gasteiger partial charge on any atom is 0.155 e. The Labute approximate surface area is 112 Å². The van der Waals surface area contributed by atoms with Crippen molar-refractivity contribution in [3.05, 3.63) is 57.5 Å². The normalized spacial score (nSPS) is 11.5. The van der Waals surface area contributed by atoms with E-state index in [1.807, 2.05) is 52.9 Å². The van der Waals surface area contributed by atoms with E-state index in [-0.39, 0.29) is 5.82 Å². The Bertz CT molecular complexity index is 555. The van der Waals surface area contributed by atoms with Crippen LogP contribution in [0.3, 0.4) is 0 Å². The van der Waals surface area contributed by atoms with Crippen molar-refractivity contribution in [1.29, 1.82) is 0 Å². The summed E-state index contributed by atoms with van der Waals surface area (Å²) in [5.41, 5.74) is 6.64. The lowest BCUT2D eigenvalue weighted by Gasteiger charge is -2.01. The van der Waals surface area contributed by atoms with Gasteiger partial charge in [0.2, 0.25) is 0 Å². The number of nitrogens with zero attached hydrogens (tertiary/aromatic N) is 2. The third kappa shape index (κ3) is 3.00. The van der Waals surface area contributed by atoms with Crippen LogP contribution < -0.4 is 5.73 Å². The molecule has 1 heterocycles. The first kappa shape index (κ1) is 12.0. The van der Waals surface area contributed by atoms with Gasteiger partial charge in [0, 0.05) is 5.56 Å². The molecule has 0 radical (unpaired) electrons. The van der Waals surface area contributed by atoms with Gasteiger partial charge in [0.1, 0.15) is 5.84 Å². The summed E-state index contributed by atoms with van der Waals surface area (Å²) in [5, 5.41) is 0. The molecule has 0 saturated carbocycles. The molecule has 17 heavy (non-hydrogen) atoms. The Kier molecular flexibility index (Phi) is 3.68. The molecule has 5 heteroatoms. The van der Waals surface area contributed by atoms with Gasteiger partial charge in [-0.2, -0.15) is 0 Å². The number of halogens is 2. The Morgan fingerprint density at radius 3 is 2.65 bits per heavy atom. The fraction of sp³-hybridized carbons (Fsp3) is 0. The predicted molar refractivity (Wildman–Crippen MR) is 73.7 cm³/mol. The molecule has 0 fully saturated rings. The van der Waals surface area contributed by atoms with E-state index in [1.165, 1.54) is 0 Å². The number of hydrogen-bond donors (Lipinski definition) is 1. The molecule has 0 spiro atoms. The first-order valence-corrected chi connectivity index (χ1v) is 5.95. The Hall–Kier alpha value is -1.50. The molecule has 0 amide bonds. The summed E-state index contributed by atoms with van der Waals surface area (Å²) in [6, 6.07) is 10.9. The van der Waals surface area contributed by atoms with Crippen molar-refractivity contribution in [3.63, 3.8) is 0 Å². The molecule has 0 saturated heterocycles. The molecular formula is C12H9FIN3. The average Bonchev–Trinajstić information content (AvgIpc) is 2.35. The largest absolute Gasteiger partial charge is 0.383 e. The number of benzene rings is 1. The van der Waals surface area contributed by atoms with Crippen LogP contribution in [0.5, 0.6) is 0 Å². The molecular weight excluding hydrogens is 332 g/mol. The van der Waals surface area contributed by atoms with E-state index in [4.69, 9.17) is 5.73 Å². The summed E-state index contributed by atoms with van der Waals surface area (Å²) in [6.07, 6.45) is 1.14. The number of amidine groups is 1. The van der Waals surface area contributed by atoms with Gasteiger partial charge in [-0.3, -0.25) is 0 Å². The topological polar surface area (TPSA) is 51.3 Å². The minimum Gasteiger partial charge on any atom is -0.383 e. The zero-order chi connectivity index (χ0) is 12.3. The molecule has 0 aliphatic carbocycles. The molecule has 0 aliphatic heterocycles. The van der Waals surface area contributed by atoms with Crippen LogP contribution in [0.2, 0.25) is 0 Å². The van der Waals surface area contributed by atoms with Crippen molar-refractivity contribution >= 4 is 34.2 Å². The maximum atomic E-state index is 13.0. The number of nitrogens with two attached hydrogens (primary N) is 1. The summed E-state index contributed by atoms with van der Waals surface area (Å²) < 4.78 is 13.5. The summed E-state index contributed by atoms with van der Waals surface area (Å²) in [5.74, 6) is 0.403. The molecule has 1 aromatic heterocycles. The van der Waals surface area contributed by atoms with Gasteiger partial charge >= 0.3 is 0 Å². The predicted octanol–water partition coefficient (Wildman–Crippen LogP) is 2.86. The SMILES string of the molecule is NC(=Nc1cc(I)c(F)cn1)c1ccccc1. The lowest BCUT2D eigenvalue weighted by molar-refractivity contribution is 0.614. The first-order chi connectivity index (χ1) is 8.16. The number of aromatic nitrogens is 1. The zero-order valence-corrected chi connectivity index (χ0v) is 10.9. The van der Waals surface area contributed by atoms with Gasteiger partial charge in [0.05, 0.1) is 9.77 Å². The Morgan fingerprint density at radius 1 is 1.29 bits per heavy atom. The van der Waals surface area contributed by atoms with Crippen LogP contribution in [0.25, 0.3) is 0 Å². The molecule has 1 aromatic carbocycles. The van der Waals surface area contributed by atoms with Crippen molar-refractivity contribution < 1.29 is 4.39 Å². The van der Waals surface area contributed by atoms with Gasteiger partial charge in [-0.05, 0) is 28.7 Å². The summed E-state index contributed by atoms with van der Waals surface area (Å²) in [6.45, 7) is 0. The highest BCUT2D eigenvalue weighted by Crippen LogP contribution is 2.16. The quantitative estimate of drug-likeness (QED) is 0.519. The molecule has 0 bridgehead atoms. The van der Waals surface area contributed by atoms with Crippen LogP contribution in [0, 0.1) is 9.39 Å². The fourth-order valence-corrected chi connectivity index (χ4v) is 1.68. The highest BCUT2D eigenvalue weighted by atomic mass is 127. The third-order valence-corrected chi connectivity index (χ3v) is 2.93. The Morgan fingerprint density at radius 2 is 2.00 bits per heavy atom.